The van der Waals surface area contributed by atoms with Crippen molar-refractivity contribution in [3.05, 3.63) is 46.7 Å². The molecule has 0 unspecified atom stereocenters. The van der Waals surface area contributed by atoms with Crippen molar-refractivity contribution in [1.82, 2.24) is 20.3 Å². The molecule has 0 atom stereocenters. The van der Waals surface area contributed by atoms with Crippen molar-refractivity contribution in [2.75, 3.05) is 0 Å². The molecule has 0 spiro atoms. The van der Waals surface area contributed by atoms with Crippen LogP contribution in [-0.2, 0) is 13.1 Å². The Morgan fingerprint density at radius 2 is 2.04 bits per heavy atom. The highest BCUT2D eigenvalue weighted by Gasteiger charge is 2.14. The van der Waals surface area contributed by atoms with Gasteiger partial charge in [-0.15, -0.1) is 0 Å². The Bertz CT molecular complexity index is 835. The molecule has 0 amide bonds. The molecule has 3 rings (SSSR count). The third kappa shape index (κ3) is 2.99. The van der Waals surface area contributed by atoms with Crippen LogP contribution in [0.4, 0.5) is 4.39 Å². The van der Waals surface area contributed by atoms with Crippen LogP contribution in [0.5, 0.6) is 0 Å². The topological polar surface area (TPSA) is 55.9 Å². The summed E-state index contributed by atoms with van der Waals surface area (Å²) in [5.41, 5.74) is 4.68. The molecular weight excluding hydrogens is 295 g/mol. The van der Waals surface area contributed by atoms with Crippen molar-refractivity contribution in [2.24, 2.45) is 0 Å². The van der Waals surface area contributed by atoms with Gasteiger partial charge in [-0.3, -0.25) is 4.68 Å². The molecule has 0 fully saturated rings. The molecule has 122 valence electrons. The lowest BCUT2D eigenvalue weighted by molar-refractivity contribution is 0.440. The number of hydrogen-bond donors (Lipinski definition) is 1. The smallest absolute Gasteiger partial charge is 0.170 e. The number of nitrogens with one attached hydrogen (secondary N) is 1. The minimum atomic E-state index is -0.319. The first-order chi connectivity index (χ1) is 11.0. The lowest BCUT2D eigenvalue weighted by Crippen LogP contribution is -2.14. The van der Waals surface area contributed by atoms with Crippen molar-refractivity contribution in [2.45, 2.75) is 46.8 Å². The molecule has 2 heterocycles. The quantitative estimate of drug-likeness (QED) is 0.780. The SMILES string of the molecule is Cc1nn(C(C)C)c(C)c1CNCc1noc2cc(F)ccc12. The molecule has 1 N–H and O–H groups in total. The highest BCUT2D eigenvalue weighted by atomic mass is 19.1. The first-order valence-corrected chi connectivity index (χ1v) is 7.76. The van der Waals surface area contributed by atoms with Gasteiger partial charge < -0.3 is 9.84 Å². The molecule has 0 aliphatic carbocycles. The number of hydrogen-bond acceptors (Lipinski definition) is 4. The van der Waals surface area contributed by atoms with E-state index in [2.05, 4.69) is 36.3 Å². The lowest BCUT2D eigenvalue weighted by atomic mass is 10.2. The molecule has 0 bridgehead atoms. The minimum absolute atomic E-state index is 0.319. The van der Waals surface area contributed by atoms with Gasteiger partial charge in [0.1, 0.15) is 11.5 Å². The first-order valence-electron chi connectivity index (χ1n) is 7.76. The van der Waals surface area contributed by atoms with Crippen molar-refractivity contribution in [3.63, 3.8) is 0 Å². The van der Waals surface area contributed by atoms with Gasteiger partial charge in [0, 0.05) is 41.8 Å². The van der Waals surface area contributed by atoms with Crippen LogP contribution in [-0.4, -0.2) is 14.9 Å². The molecule has 1 aromatic carbocycles. The van der Waals surface area contributed by atoms with E-state index in [-0.39, 0.29) is 5.82 Å². The van der Waals surface area contributed by atoms with E-state index in [4.69, 9.17) is 4.52 Å². The van der Waals surface area contributed by atoms with E-state index in [1.807, 2.05) is 11.6 Å². The maximum atomic E-state index is 13.2. The van der Waals surface area contributed by atoms with E-state index < -0.39 is 0 Å². The molecule has 0 saturated carbocycles. The van der Waals surface area contributed by atoms with E-state index in [1.54, 1.807) is 6.07 Å². The molecule has 6 heteroatoms. The third-order valence-corrected chi connectivity index (χ3v) is 4.07. The van der Waals surface area contributed by atoms with Gasteiger partial charge in [0.15, 0.2) is 5.58 Å². The Morgan fingerprint density at radius 1 is 1.26 bits per heavy atom. The lowest BCUT2D eigenvalue weighted by Gasteiger charge is -2.09. The van der Waals surface area contributed by atoms with E-state index >= 15 is 0 Å². The summed E-state index contributed by atoms with van der Waals surface area (Å²) in [5, 5.41) is 12.8. The molecule has 0 saturated heterocycles. The van der Waals surface area contributed by atoms with Gasteiger partial charge in [0.05, 0.1) is 5.69 Å². The second kappa shape index (κ2) is 6.12. The number of fused-ring (bicyclic) bond motifs is 1. The Kier molecular flexibility index (Phi) is 4.17. The maximum absolute atomic E-state index is 13.2. The van der Waals surface area contributed by atoms with E-state index in [0.717, 1.165) is 16.8 Å². The molecule has 0 aliphatic heterocycles. The molecule has 3 aromatic rings. The van der Waals surface area contributed by atoms with Crippen LogP contribution in [0.15, 0.2) is 22.7 Å². The summed E-state index contributed by atoms with van der Waals surface area (Å²) >= 11 is 0. The fourth-order valence-corrected chi connectivity index (χ4v) is 2.85. The number of rotatable bonds is 5. The van der Waals surface area contributed by atoms with Gasteiger partial charge in [-0.2, -0.15) is 5.10 Å². The second-order valence-corrected chi connectivity index (χ2v) is 6.06. The van der Waals surface area contributed by atoms with E-state index in [1.165, 1.54) is 23.4 Å². The van der Waals surface area contributed by atoms with Crippen molar-refractivity contribution >= 4 is 11.0 Å². The molecule has 2 aromatic heterocycles. The van der Waals surface area contributed by atoms with Gasteiger partial charge in [0.2, 0.25) is 0 Å². The monoisotopic (exact) mass is 316 g/mol. The fourth-order valence-electron chi connectivity index (χ4n) is 2.85. The molecule has 23 heavy (non-hydrogen) atoms. The van der Waals surface area contributed by atoms with Crippen LogP contribution < -0.4 is 5.32 Å². The van der Waals surface area contributed by atoms with Crippen LogP contribution in [0.3, 0.4) is 0 Å². The van der Waals surface area contributed by atoms with Gasteiger partial charge in [0.25, 0.3) is 0 Å². The molecule has 0 radical (unpaired) electrons. The number of aryl methyl sites for hydroxylation is 1. The summed E-state index contributed by atoms with van der Waals surface area (Å²) in [6.07, 6.45) is 0. The fraction of sp³-hybridized carbons (Fsp3) is 0.412. The average molecular weight is 316 g/mol. The summed E-state index contributed by atoms with van der Waals surface area (Å²) in [5.74, 6) is -0.319. The minimum Gasteiger partial charge on any atom is -0.356 e. The normalized spacial score (nSPS) is 11.7. The zero-order valence-electron chi connectivity index (χ0n) is 13.9. The summed E-state index contributed by atoms with van der Waals surface area (Å²) in [7, 11) is 0. The van der Waals surface area contributed by atoms with Crippen LogP contribution in [0.25, 0.3) is 11.0 Å². The number of aromatic nitrogens is 3. The van der Waals surface area contributed by atoms with Gasteiger partial charge >= 0.3 is 0 Å². The predicted molar refractivity (Wildman–Crippen MR) is 86.6 cm³/mol. The van der Waals surface area contributed by atoms with Crippen LogP contribution in [0, 0.1) is 19.7 Å². The van der Waals surface area contributed by atoms with Crippen molar-refractivity contribution < 1.29 is 8.91 Å². The van der Waals surface area contributed by atoms with Gasteiger partial charge in [-0.25, -0.2) is 4.39 Å². The van der Waals surface area contributed by atoms with Crippen molar-refractivity contribution in [1.29, 1.82) is 0 Å². The van der Waals surface area contributed by atoms with Crippen LogP contribution in [0.2, 0.25) is 0 Å². The maximum Gasteiger partial charge on any atom is 0.170 e. The third-order valence-electron chi connectivity index (χ3n) is 4.07. The zero-order chi connectivity index (χ0) is 16.6. The molecular formula is C17H21FN4O. The Balaban J connectivity index is 1.72. The molecule has 0 aliphatic rings. The summed E-state index contributed by atoms with van der Waals surface area (Å²) < 4.78 is 20.4. The Hall–Kier alpha value is -2.21. The largest absolute Gasteiger partial charge is 0.356 e. The van der Waals surface area contributed by atoms with Gasteiger partial charge in [-0.1, -0.05) is 5.16 Å². The highest BCUT2D eigenvalue weighted by Crippen LogP contribution is 2.20. The first kappa shape index (κ1) is 15.7. The summed E-state index contributed by atoms with van der Waals surface area (Å²) in [4.78, 5) is 0. The summed E-state index contributed by atoms with van der Waals surface area (Å²) in [6.45, 7) is 9.63. The standard InChI is InChI=1S/C17H21FN4O/c1-10(2)22-12(4)15(11(3)20-22)8-19-9-16-14-6-5-13(18)7-17(14)23-21-16/h5-7,10,19H,8-9H2,1-4H3. The Labute approximate surface area is 134 Å². The van der Waals surface area contributed by atoms with Crippen LogP contribution in [0.1, 0.15) is 42.5 Å². The van der Waals surface area contributed by atoms with Crippen molar-refractivity contribution in [3.8, 4) is 0 Å². The molecule has 5 nitrogen and oxygen atoms in total. The van der Waals surface area contributed by atoms with Gasteiger partial charge in [-0.05, 0) is 39.8 Å². The van der Waals surface area contributed by atoms with Crippen LogP contribution >= 0.6 is 0 Å². The van der Waals surface area contributed by atoms with E-state index in [9.17, 15) is 4.39 Å². The number of halogens is 1. The van der Waals surface area contributed by atoms with E-state index in [0.29, 0.717) is 24.7 Å². The summed E-state index contributed by atoms with van der Waals surface area (Å²) in [6, 6.07) is 4.82. The number of nitrogens with zero attached hydrogens (tertiary/aromatic N) is 3. The Morgan fingerprint density at radius 3 is 2.74 bits per heavy atom. The number of benzene rings is 1. The highest BCUT2D eigenvalue weighted by molar-refractivity contribution is 5.79. The average Bonchev–Trinajstić information content (AvgIpc) is 3.02. The predicted octanol–water partition coefficient (Wildman–Crippen LogP) is 3.65. The second-order valence-electron chi connectivity index (χ2n) is 6.06. The zero-order valence-corrected chi connectivity index (χ0v) is 13.9.